The highest BCUT2D eigenvalue weighted by Crippen LogP contribution is 2.19. The van der Waals surface area contributed by atoms with Gasteiger partial charge in [0.25, 0.3) is 5.91 Å². The maximum Gasteiger partial charge on any atom is 0.254 e. The van der Waals surface area contributed by atoms with E-state index in [0.29, 0.717) is 17.9 Å². The maximum absolute atomic E-state index is 12.9. The van der Waals surface area contributed by atoms with Crippen LogP contribution in [0.1, 0.15) is 22.5 Å². The summed E-state index contributed by atoms with van der Waals surface area (Å²) in [6.45, 7) is 5.00. The summed E-state index contributed by atoms with van der Waals surface area (Å²) < 4.78 is 7.31. The van der Waals surface area contributed by atoms with Gasteiger partial charge in [-0.05, 0) is 43.7 Å². The minimum Gasteiger partial charge on any atom is -0.497 e. The lowest BCUT2D eigenvalue weighted by Crippen LogP contribution is -2.35. The lowest BCUT2D eigenvalue weighted by atomic mass is 10.2. The third kappa shape index (κ3) is 3.32. The first-order valence-corrected chi connectivity index (χ1v) is 9.16. The predicted octanol–water partition coefficient (Wildman–Crippen LogP) is 2.40. The molecule has 1 aromatic carbocycles. The molecule has 0 unspecified atom stereocenters. The largest absolute Gasteiger partial charge is 0.497 e. The minimum atomic E-state index is 0.0398. The maximum atomic E-state index is 12.9. The van der Waals surface area contributed by atoms with E-state index in [4.69, 9.17) is 4.74 Å². The molecule has 140 valence electrons. The summed E-state index contributed by atoms with van der Waals surface area (Å²) in [7, 11) is 1.61. The summed E-state index contributed by atoms with van der Waals surface area (Å²) in [6, 6.07) is 13.3. The number of carbonyl (C=O) groups is 1. The number of hydrogen-bond acceptors (Lipinski definition) is 5. The molecule has 7 heteroatoms. The summed E-state index contributed by atoms with van der Waals surface area (Å²) in [5.74, 6) is 1.58. The third-order valence-corrected chi connectivity index (χ3v) is 4.99. The number of carbonyl (C=O) groups excluding carboxylic acids is 1. The van der Waals surface area contributed by atoms with Crippen molar-refractivity contribution in [3.63, 3.8) is 0 Å². The van der Waals surface area contributed by atoms with Crippen LogP contribution in [-0.2, 0) is 0 Å². The summed E-state index contributed by atoms with van der Waals surface area (Å²) in [5, 5.41) is 8.67. The SMILES string of the molecule is COc1cccc(C(=O)N2CCCN(c3nnc4cccc(C)n34)CC2)c1. The Hall–Kier alpha value is -3.09. The van der Waals surface area contributed by atoms with Crippen molar-refractivity contribution in [1.82, 2.24) is 19.5 Å². The molecule has 7 nitrogen and oxygen atoms in total. The molecule has 0 saturated carbocycles. The van der Waals surface area contributed by atoms with Crippen LogP contribution in [0.5, 0.6) is 5.75 Å². The Bertz CT molecular complexity index is 968. The quantitative estimate of drug-likeness (QED) is 0.713. The fourth-order valence-corrected chi connectivity index (χ4v) is 3.55. The second-order valence-electron chi connectivity index (χ2n) is 6.73. The monoisotopic (exact) mass is 365 g/mol. The van der Waals surface area contributed by atoms with E-state index in [0.717, 1.165) is 43.3 Å². The second-order valence-corrected chi connectivity index (χ2v) is 6.73. The molecule has 0 atom stereocenters. The Kier molecular flexibility index (Phi) is 4.66. The molecule has 3 aromatic rings. The van der Waals surface area contributed by atoms with Crippen LogP contribution < -0.4 is 9.64 Å². The Labute approximate surface area is 158 Å². The lowest BCUT2D eigenvalue weighted by Gasteiger charge is -2.22. The number of aryl methyl sites for hydroxylation is 1. The average molecular weight is 365 g/mol. The van der Waals surface area contributed by atoms with Crippen LogP contribution in [0.4, 0.5) is 5.95 Å². The molecule has 4 rings (SSSR count). The predicted molar refractivity (Wildman–Crippen MR) is 103 cm³/mol. The van der Waals surface area contributed by atoms with E-state index in [1.54, 1.807) is 13.2 Å². The number of ether oxygens (including phenoxy) is 1. The number of anilines is 1. The van der Waals surface area contributed by atoms with Crippen molar-refractivity contribution < 1.29 is 9.53 Å². The number of rotatable bonds is 3. The second kappa shape index (κ2) is 7.26. The van der Waals surface area contributed by atoms with E-state index in [1.807, 2.05) is 35.2 Å². The van der Waals surface area contributed by atoms with Gasteiger partial charge in [0.2, 0.25) is 5.95 Å². The fraction of sp³-hybridized carbons (Fsp3) is 0.350. The lowest BCUT2D eigenvalue weighted by molar-refractivity contribution is 0.0766. The number of benzene rings is 1. The van der Waals surface area contributed by atoms with Crippen LogP contribution in [-0.4, -0.2) is 58.7 Å². The standard InChI is InChI=1S/C20H23N5O2/c1-15-6-3-9-18-21-22-20(25(15)18)24-11-5-10-23(12-13-24)19(26)16-7-4-8-17(14-16)27-2/h3-4,6-9,14H,5,10-13H2,1-2H3. The Morgan fingerprint density at radius 1 is 1.04 bits per heavy atom. The van der Waals surface area contributed by atoms with Crippen LogP contribution in [0.3, 0.4) is 0 Å². The summed E-state index contributed by atoms with van der Waals surface area (Å²) in [5.41, 5.74) is 2.60. The van der Waals surface area contributed by atoms with Gasteiger partial charge in [-0.15, -0.1) is 10.2 Å². The van der Waals surface area contributed by atoms with Crippen molar-refractivity contribution >= 4 is 17.5 Å². The molecule has 0 radical (unpaired) electrons. The number of hydrogen-bond donors (Lipinski definition) is 0. The van der Waals surface area contributed by atoms with Gasteiger partial charge < -0.3 is 14.5 Å². The van der Waals surface area contributed by atoms with Gasteiger partial charge >= 0.3 is 0 Å². The van der Waals surface area contributed by atoms with Crippen molar-refractivity contribution in [2.75, 3.05) is 38.2 Å². The summed E-state index contributed by atoms with van der Waals surface area (Å²) in [6.07, 6.45) is 0.885. The molecule has 0 bridgehead atoms. The van der Waals surface area contributed by atoms with Gasteiger partial charge in [-0.3, -0.25) is 9.20 Å². The molecule has 1 amide bonds. The zero-order valence-electron chi connectivity index (χ0n) is 15.6. The first kappa shape index (κ1) is 17.3. The smallest absolute Gasteiger partial charge is 0.254 e. The highest BCUT2D eigenvalue weighted by Gasteiger charge is 2.23. The van der Waals surface area contributed by atoms with Crippen molar-refractivity contribution in [1.29, 1.82) is 0 Å². The molecule has 1 aliphatic rings. The summed E-state index contributed by atoms with van der Waals surface area (Å²) in [4.78, 5) is 17.0. The average Bonchev–Trinajstić information content (AvgIpc) is 2.99. The Morgan fingerprint density at radius 3 is 2.74 bits per heavy atom. The van der Waals surface area contributed by atoms with E-state index in [9.17, 15) is 4.79 Å². The van der Waals surface area contributed by atoms with Crippen LogP contribution in [0, 0.1) is 6.92 Å². The van der Waals surface area contributed by atoms with Crippen LogP contribution in [0.25, 0.3) is 5.65 Å². The number of pyridine rings is 1. The van der Waals surface area contributed by atoms with Crippen molar-refractivity contribution in [2.45, 2.75) is 13.3 Å². The number of aromatic nitrogens is 3. The third-order valence-electron chi connectivity index (χ3n) is 4.99. The number of nitrogens with zero attached hydrogens (tertiary/aromatic N) is 5. The van der Waals surface area contributed by atoms with Gasteiger partial charge in [-0.25, -0.2) is 0 Å². The molecule has 1 aliphatic heterocycles. The Morgan fingerprint density at radius 2 is 1.89 bits per heavy atom. The molecular weight excluding hydrogens is 342 g/mol. The molecule has 0 N–H and O–H groups in total. The zero-order valence-corrected chi connectivity index (χ0v) is 15.6. The highest BCUT2D eigenvalue weighted by atomic mass is 16.5. The molecule has 1 saturated heterocycles. The fourth-order valence-electron chi connectivity index (χ4n) is 3.55. The molecule has 0 aliphatic carbocycles. The van der Waals surface area contributed by atoms with Crippen molar-refractivity contribution in [3.05, 3.63) is 53.7 Å². The van der Waals surface area contributed by atoms with Crippen LogP contribution >= 0.6 is 0 Å². The van der Waals surface area contributed by atoms with Gasteiger partial charge in [-0.1, -0.05) is 12.1 Å². The first-order valence-electron chi connectivity index (χ1n) is 9.16. The highest BCUT2D eigenvalue weighted by molar-refractivity contribution is 5.94. The molecular formula is C20H23N5O2. The van der Waals surface area contributed by atoms with E-state index >= 15 is 0 Å². The summed E-state index contributed by atoms with van der Waals surface area (Å²) >= 11 is 0. The van der Waals surface area contributed by atoms with E-state index in [2.05, 4.69) is 32.5 Å². The van der Waals surface area contributed by atoms with Crippen molar-refractivity contribution in [2.24, 2.45) is 0 Å². The van der Waals surface area contributed by atoms with E-state index in [-0.39, 0.29) is 5.91 Å². The van der Waals surface area contributed by atoms with Gasteiger partial charge in [0.1, 0.15) is 5.75 Å². The first-order chi connectivity index (χ1) is 13.2. The Balaban J connectivity index is 1.52. The topological polar surface area (TPSA) is 63.0 Å². The van der Waals surface area contributed by atoms with Crippen LogP contribution in [0.15, 0.2) is 42.5 Å². The van der Waals surface area contributed by atoms with E-state index in [1.165, 1.54) is 0 Å². The van der Waals surface area contributed by atoms with Gasteiger partial charge in [0.05, 0.1) is 7.11 Å². The van der Waals surface area contributed by atoms with Gasteiger partial charge in [-0.2, -0.15) is 0 Å². The van der Waals surface area contributed by atoms with Crippen molar-refractivity contribution in [3.8, 4) is 5.75 Å². The minimum absolute atomic E-state index is 0.0398. The number of fused-ring (bicyclic) bond motifs is 1. The van der Waals surface area contributed by atoms with Gasteiger partial charge in [0, 0.05) is 37.4 Å². The van der Waals surface area contributed by atoms with Gasteiger partial charge in [0.15, 0.2) is 5.65 Å². The normalized spacial score (nSPS) is 15.0. The molecule has 3 heterocycles. The zero-order chi connectivity index (χ0) is 18.8. The molecule has 2 aromatic heterocycles. The number of amides is 1. The number of methoxy groups -OCH3 is 1. The molecule has 27 heavy (non-hydrogen) atoms. The van der Waals surface area contributed by atoms with E-state index < -0.39 is 0 Å². The molecule has 1 fully saturated rings. The molecule has 0 spiro atoms. The van der Waals surface area contributed by atoms with Crippen LogP contribution in [0.2, 0.25) is 0 Å².